The van der Waals surface area contributed by atoms with Crippen molar-refractivity contribution in [2.45, 2.75) is 39.0 Å². The Hall–Kier alpha value is -0.850. The average molecular weight is 161 g/mol. The SMILES string of the molecule is Cc1cnc2c(c1)CCCCC2. The number of rotatable bonds is 0. The first-order valence-electron chi connectivity index (χ1n) is 4.80. The van der Waals surface area contributed by atoms with E-state index in [4.69, 9.17) is 0 Å². The Morgan fingerprint density at radius 2 is 2.00 bits per heavy atom. The summed E-state index contributed by atoms with van der Waals surface area (Å²) in [4.78, 5) is 4.48. The largest absolute Gasteiger partial charge is 0.261 e. The predicted octanol–water partition coefficient (Wildman–Crippen LogP) is 2.66. The molecule has 1 aromatic heterocycles. The van der Waals surface area contributed by atoms with E-state index in [9.17, 15) is 0 Å². The van der Waals surface area contributed by atoms with Gasteiger partial charge in [-0.2, -0.15) is 0 Å². The van der Waals surface area contributed by atoms with Crippen LogP contribution in [0.15, 0.2) is 12.3 Å². The third-order valence-corrected chi connectivity index (χ3v) is 2.56. The first-order chi connectivity index (χ1) is 5.86. The molecule has 0 N–H and O–H groups in total. The Morgan fingerprint density at radius 1 is 1.17 bits per heavy atom. The standard InChI is InChI=1S/C11H15N/c1-9-7-10-5-3-2-4-6-11(10)12-8-9/h7-8H,2-6H2,1H3. The van der Waals surface area contributed by atoms with Gasteiger partial charge in [0.25, 0.3) is 0 Å². The normalized spacial score (nSPS) is 16.8. The zero-order valence-electron chi connectivity index (χ0n) is 7.64. The van der Waals surface area contributed by atoms with Gasteiger partial charge in [0.2, 0.25) is 0 Å². The van der Waals surface area contributed by atoms with Gasteiger partial charge in [-0.05, 0) is 43.7 Å². The van der Waals surface area contributed by atoms with Crippen LogP contribution in [0.2, 0.25) is 0 Å². The highest BCUT2D eigenvalue weighted by Gasteiger charge is 2.08. The second kappa shape index (κ2) is 3.26. The molecular formula is C11H15N. The van der Waals surface area contributed by atoms with Gasteiger partial charge in [-0.3, -0.25) is 4.98 Å². The lowest BCUT2D eigenvalue weighted by Crippen LogP contribution is -1.95. The first-order valence-corrected chi connectivity index (χ1v) is 4.80. The molecule has 0 atom stereocenters. The highest BCUT2D eigenvalue weighted by Crippen LogP contribution is 2.19. The van der Waals surface area contributed by atoms with Crippen molar-refractivity contribution in [1.29, 1.82) is 0 Å². The van der Waals surface area contributed by atoms with Crippen molar-refractivity contribution >= 4 is 0 Å². The van der Waals surface area contributed by atoms with Crippen LogP contribution in [0.4, 0.5) is 0 Å². The molecule has 0 aliphatic heterocycles. The number of aromatic nitrogens is 1. The van der Waals surface area contributed by atoms with Gasteiger partial charge < -0.3 is 0 Å². The lowest BCUT2D eigenvalue weighted by Gasteiger charge is -2.04. The maximum absolute atomic E-state index is 4.48. The van der Waals surface area contributed by atoms with Gasteiger partial charge in [-0.1, -0.05) is 12.5 Å². The molecular weight excluding hydrogens is 146 g/mol. The van der Waals surface area contributed by atoms with Crippen molar-refractivity contribution in [2.75, 3.05) is 0 Å². The Labute approximate surface area is 73.8 Å². The van der Waals surface area contributed by atoms with Crippen molar-refractivity contribution in [2.24, 2.45) is 0 Å². The average Bonchev–Trinajstić information content (AvgIpc) is 2.28. The molecule has 0 saturated heterocycles. The Bertz CT molecular complexity index is 278. The molecule has 0 fully saturated rings. The van der Waals surface area contributed by atoms with Gasteiger partial charge in [-0.25, -0.2) is 0 Å². The van der Waals surface area contributed by atoms with Crippen LogP contribution < -0.4 is 0 Å². The van der Waals surface area contributed by atoms with Crippen LogP contribution >= 0.6 is 0 Å². The van der Waals surface area contributed by atoms with E-state index in [1.54, 1.807) is 0 Å². The fourth-order valence-electron chi connectivity index (χ4n) is 1.88. The molecule has 1 aliphatic rings. The molecule has 0 unspecified atom stereocenters. The Balaban J connectivity index is 2.36. The molecule has 1 heterocycles. The lowest BCUT2D eigenvalue weighted by atomic mass is 10.1. The van der Waals surface area contributed by atoms with Crippen molar-refractivity contribution < 1.29 is 0 Å². The van der Waals surface area contributed by atoms with E-state index in [1.165, 1.54) is 48.9 Å². The molecule has 0 radical (unpaired) electrons. The van der Waals surface area contributed by atoms with Crippen LogP contribution in [0.5, 0.6) is 0 Å². The van der Waals surface area contributed by atoms with E-state index >= 15 is 0 Å². The maximum Gasteiger partial charge on any atom is 0.0435 e. The number of fused-ring (bicyclic) bond motifs is 1. The van der Waals surface area contributed by atoms with Crippen LogP contribution in [0.1, 0.15) is 36.1 Å². The summed E-state index contributed by atoms with van der Waals surface area (Å²) in [7, 11) is 0. The Morgan fingerprint density at radius 3 is 2.92 bits per heavy atom. The molecule has 0 aromatic carbocycles. The quantitative estimate of drug-likeness (QED) is 0.533. The molecule has 1 heteroatoms. The fourth-order valence-corrected chi connectivity index (χ4v) is 1.88. The van der Waals surface area contributed by atoms with E-state index in [-0.39, 0.29) is 0 Å². The summed E-state index contributed by atoms with van der Waals surface area (Å²) in [6, 6.07) is 2.30. The van der Waals surface area contributed by atoms with Gasteiger partial charge in [-0.15, -0.1) is 0 Å². The van der Waals surface area contributed by atoms with E-state index in [1.807, 2.05) is 6.20 Å². The summed E-state index contributed by atoms with van der Waals surface area (Å²) in [5, 5.41) is 0. The summed E-state index contributed by atoms with van der Waals surface area (Å²) >= 11 is 0. The van der Waals surface area contributed by atoms with Crippen LogP contribution in [0.25, 0.3) is 0 Å². The number of aryl methyl sites for hydroxylation is 3. The number of nitrogens with zero attached hydrogens (tertiary/aromatic N) is 1. The number of hydrogen-bond donors (Lipinski definition) is 0. The van der Waals surface area contributed by atoms with Gasteiger partial charge in [0.15, 0.2) is 0 Å². The molecule has 0 saturated carbocycles. The summed E-state index contributed by atoms with van der Waals surface area (Å²) < 4.78 is 0. The maximum atomic E-state index is 4.48. The molecule has 1 nitrogen and oxygen atoms in total. The smallest absolute Gasteiger partial charge is 0.0435 e. The van der Waals surface area contributed by atoms with Crippen molar-refractivity contribution in [1.82, 2.24) is 4.98 Å². The molecule has 1 aromatic rings. The molecule has 12 heavy (non-hydrogen) atoms. The molecule has 0 amide bonds. The van der Waals surface area contributed by atoms with Crippen molar-refractivity contribution in [3.63, 3.8) is 0 Å². The molecule has 0 spiro atoms. The first kappa shape index (κ1) is 7.78. The third-order valence-electron chi connectivity index (χ3n) is 2.56. The minimum atomic E-state index is 1.19. The second-order valence-corrected chi connectivity index (χ2v) is 3.68. The predicted molar refractivity (Wildman–Crippen MR) is 50.2 cm³/mol. The van der Waals surface area contributed by atoms with Crippen LogP contribution in [0.3, 0.4) is 0 Å². The second-order valence-electron chi connectivity index (χ2n) is 3.68. The molecule has 1 aliphatic carbocycles. The topological polar surface area (TPSA) is 12.9 Å². The lowest BCUT2D eigenvalue weighted by molar-refractivity contribution is 0.708. The van der Waals surface area contributed by atoms with E-state index in [2.05, 4.69) is 18.0 Å². The fraction of sp³-hybridized carbons (Fsp3) is 0.545. The summed E-state index contributed by atoms with van der Waals surface area (Å²) in [5.41, 5.74) is 4.14. The third kappa shape index (κ3) is 1.50. The van der Waals surface area contributed by atoms with Crippen LogP contribution in [0, 0.1) is 6.92 Å². The number of hydrogen-bond acceptors (Lipinski definition) is 1. The van der Waals surface area contributed by atoms with Crippen molar-refractivity contribution in [3.8, 4) is 0 Å². The van der Waals surface area contributed by atoms with Crippen LogP contribution in [-0.4, -0.2) is 4.98 Å². The van der Waals surface area contributed by atoms with Gasteiger partial charge >= 0.3 is 0 Å². The van der Waals surface area contributed by atoms with E-state index in [0.717, 1.165) is 0 Å². The van der Waals surface area contributed by atoms with Gasteiger partial charge in [0, 0.05) is 11.9 Å². The van der Waals surface area contributed by atoms with Crippen molar-refractivity contribution in [3.05, 3.63) is 29.1 Å². The van der Waals surface area contributed by atoms with Crippen LogP contribution in [-0.2, 0) is 12.8 Å². The summed E-state index contributed by atoms with van der Waals surface area (Å²) in [6.45, 7) is 2.12. The van der Waals surface area contributed by atoms with Gasteiger partial charge in [0.05, 0.1) is 0 Å². The minimum absolute atomic E-state index is 1.19. The highest BCUT2D eigenvalue weighted by atomic mass is 14.7. The number of pyridine rings is 1. The monoisotopic (exact) mass is 161 g/mol. The Kier molecular flexibility index (Phi) is 2.11. The zero-order valence-corrected chi connectivity index (χ0v) is 7.64. The zero-order chi connectivity index (χ0) is 8.39. The highest BCUT2D eigenvalue weighted by molar-refractivity contribution is 5.25. The van der Waals surface area contributed by atoms with E-state index in [0.29, 0.717) is 0 Å². The minimum Gasteiger partial charge on any atom is -0.261 e. The summed E-state index contributed by atoms with van der Waals surface area (Å²) in [5.74, 6) is 0. The molecule has 2 rings (SSSR count). The molecule has 64 valence electrons. The van der Waals surface area contributed by atoms with Gasteiger partial charge in [0.1, 0.15) is 0 Å². The van der Waals surface area contributed by atoms with E-state index < -0.39 is 0 Å². The summed E-state index contributed by atoms with van der Waals surface area (Å²) in [6.07, 6.45) is 8.46. The molecule has 0 bridgehead atoms.